The Balaban J connectivity index is 1.17. The van der Waals surface area contributed by atoms with Crippen LogP contribution in [0.5, 0.6) is 5.75 Å². The van der Waals surface area contributed by atoms with Crippen molar-refractivity contribution in [2.24, 2.45) is 5.41 Å². The highest BCUT2D eigenvalue weighted by molar-refractivity contribution is 7.87. The average molecular weight is 601 g/mol. The first kappa shape index (κ1) is 27.2. The minimum atomic E-state index is -3.71. The molecule has 0 spiro atoms. The molecule has 2 fully saturated rings. The summed E-state index contributed by atoms with van der Waals surface area (Å²) >= 11 is 7.62. The van der Waals surface area contributed by atoms with Gasteiger partial charge in [-0.15, -0.1) is 11.3 Å². The summed E-state index contributed by atoms with van der Waals surface area (Å²) in [6.45, 7) is 3.97. The topological polar surface area (TPSA) is 110 Å². The van der Waals surface area contributed by atoms with Crippen LogP contribution in [-0.2, 0) is 16.8 Å². The second-order valence-corrected chi connectivity index (χ2v) is 13.7. The summed E-state index contributed by atoms with van der Waals surface area (Å²) in [6, 6.07) is 14.7. The van der Waals surface area contributed by atoms with Crippen molar-refractivity contribution in [3.05, 3.63) is 75.1 Å². The highest BCUT2D eigenvalue weighted by atomic mass is 35.5. The molecular formula is C27H29ClN6O4S2. The standard InChI is InChI=1S/C27H29ClN6O4S2/c1-27(9-10-27)18-38-25-22(16-29-34(26(25)35)20-6-4-5-19(28)15-20)32-11-13-33(14-12-32)40(36,37)30-17-24-31-21-7-2-3-8-23(21)39-24/h2-8,15-16,30H,9-14,17-18H2,1H3. The van der Waals surface area contributed by atoms with Crippen LogP contribution < -0.4 is 19.9 Å². The van der Waals surface area contributed by atoms with Gasteiger partial charge in [0, 0.05) is 36.6 Å². The van der Waals surface area contributed by atoms with Crippen LogP contribution in [0.15, 0.2) is 59.5 Å². The summed E-state index contributed by atoms with van der Waals surface area (Å²) < 4.78 is 38.7. The molecule has 0 unspecified atom stereocenters. The summed E-state index contributed by atoms with van der Waals surface area (Å²) in [5, 5.41) is 5.61. The maximum Gasteiger partial charge on any atom is 0.316 e. The van der Waals surface area contributed by atoms with Gasteiger partial charge in [-0.1, -0.05) is 36.7 Å². The van der Waals surface area contributed by atoms with Crippen LogP contribution in [0.1, 0.15) is 24.8 Å². The van der Waals surface area contributed by atoms with Gasteiger partial charge in [0.15, 0.2) is 0 Å². The number of hydrogen-bond donors (Lipinski definition) is 1. The SMILES string of the molecule is CC1(COc2c(N3CCN(S(=O)(=O)NCc4nc5ccccc5s4)CC3)cnn(-c3cccc(Cl)c3)c2=O)CC1. The van der Waals surface area contributed by atoms with E-state index in [1.165, 1.54) is 20.3 Å². The number of thiazole rings is 1. The van der Waals surface area contributed by atoms with E-state index in [-0.39, 0.29) is 36.4 Å². The number of benzene rings is 2. The number of aromatic nitrogens is 3. The summed E-state index contributed by atoms with van der Waals surface area (Å²) in [5.41, 5.74) is 1.65. The number of rotatable bonds is 9. The summed E-state index contributed by atoms with van der Waals surface area (Å²) in [4.78, 5) is 20.0. The Bertz CT molecular complexity index is 1680. The van der Waals surface area contributed by atoms with Gasteiger partial charge in [-0.05, 0) is 43.2 Å². The van der Waals surface area contributed by atoms with Gasteiger partial charge >= 0.3 is 5.56 Å². The predicted molar refractivity (Wildman–Crippen MR) is 157 cm³/mol. The van der Waals surface area contributed by atoms with E-state index in [1.54, 1.807) is 30.5 Å². The van der Waals surface area contributed by atoms with E-state index in [2.05, 4.69) is 21.7 Å². The molecule has 40 heavy (non-hydrogen) atoms. The Labute approximate surface area is 241 Å². The van der Waals surface area contributed by atoms with Gasteiger partial charge < -0.3 is 9.64 Å². The Morgan fingerprint density at radius 3 is 2.60 bits per heavy atom. The van der Waals surface area contributed by atoms with Gasteiger partial charge in [-0.25, -0.2) is 4.98 Å². The average Bonchev–Trinajstić information content (AvgIpc) is 3.53. The zero-order valence-corrected chi connectivity index (χ0v) is 24.3. The number of para-hydroxylation sites is 1. The second kappa shape index (κ2) is 10.7. The molecule has 0 amide bonds. The summed E-state index contributed by atoms with van der Waals surface area (Å²) in [7, 11) is -3.71. The van der Waals surface area contributed by atoms with Gasteiger partial charge in [-0.3, -0.25) is 4.79 Å². The number of halogens is 1. The highest BCUT2D eigenvalue weighted by Crippen LogP contribution is 2.45. The van der Waals surface area contributed by atoms with Crippen molar-refractivity contribution in [1.29, 1.82) is 0 Å². The van der Waals surface area contributed by atoms with Crippen molar-refractivity contribution in [2.45, 2.75) is 26.3 Å². The molecule has 210 valence electrons. The van der Waals surface area contributed by atoms with Gasteiger partial charge in [0.1, 0.15) is 10.7 Å². The van der Waals surface area contributed by atoms with E-state index < -0.39 is 10.2 Å². The van der Waals surface area contributed by atoms with Crippen molar-refractivity contribution in [1.82, 2.24) is 23.8 Å². The molecule has 1 N–H and O–H groups in total. The van der Waals surface area contributed by atoms with Gasteiger partial charge in [-0.2, -0.15) is 27.2 Å². The van der Waals surface area contributed by atoms with Crippen LogP contribution >= 0.6 is 22.9 Å². The maximum absolute atomic E-state index is 13.6. The molecule has 4 aromatic rings. The molecule has 1 aliphatic carbocycles. The lowest BCUT2D eigenvalue weighted by atomic mass is 10.2. The number of nitrogens with one attached hydrogen (secondary N) is 1. The molecule has 3 heterocycles. The third-order valence-corrected chi connectivity index (χ3v) is 10.1. The van der Waals surface area contributed by atoms with Crippen molar-refractivity contribution < 1.29 is 13.2 Å². The molecule has 10 nitrogen and oxygen atoms in total. The fourth-order valence-electron chi connectivity index (χ4n) is 4.60. The summed E-state index contributed by atoms with van der Waals surface area (Å²) in [5.74, 6) is 0.216. The molecule has 0 radical (unpaired) electrons. The molecule has 13 heteroatoms. The van der Waals surface area contributed by atoms with Crippen LogP contribution in [0.2, 0.25) is 5.02 Å². The number of anilines is 1. The van der Waals surface area contributed by atoms with E-state index in [4.69, 9.17) is 16.3 Å². The van der Waals surface area contributed by atoms with E-state index >= 15 is 0 Å². The molecule has 1 aliphatic heterocycles. The van der Waals surface area contributed by atoms with Crippen LogP contribution in [0.25, 0.3) is 15.9 Å². The van der Waals surface area contributed by atoms with Crippen LogP contribution in [0.4, 0.5) is 5.69 Å². The lowest BCUT2D eigenvalue weighted by Crippen LogP contribution is -2.52. The third-order valence-electron chi connectivity index (χ3n) is 7.30. The Kier molecular flexibility index (Phi) is 7.30. The first-order valence-electron chi connectivity index (χ1n) is 13.1. The molecule has 1 saturated carbocycles. The molecule has 1 saturated heterocycles. The minimum Gasteiger partial charge on any atom is -0.486 e. The number of fused-ring (bicyclic) bond motifs is 1. The third kappa shape index (κ3) is 5.72. The van der Waals surface area contributed by atoms with Gasteiger partial charge in [0.05, 0.1) is 35.3 Å². The zero-order valence-electron chi connectivity index (χ0n) is 21.9. The number of ether oxygens (including phenoxy) is 1. The quantitative estimate of drug-likeness (QED) is 0.311. The largest absolute Gasteiger partial charge is 0.486 e. The summed E-state index contributed by atoms with van der Waals surface area (Å²) in [6.07, 6.45) is 3.72. The second-order valence-electron chi connectivity index (χ2n) is 10.4. The predicted octanol–water partition coefficient (Wildman–Crippen LogP) is 3.83. The number of hydrogen-bond acceptors (Lipinski definition) is 8. The van der Waals surface area contributed by atoms with Crippen molar-refractivity contribution in [2.75, 3.05) is 37.7 Å². The first-order valence-corrected chi connectivity index (χ1v) is 15.7. The van der Waals surface area contributed by atoms with Crippen molar-refractivity contribution >= 4 is 49.1 Å². The lowest BCUT2D eigenvalue weighted by molar-refractivity contribution is 0.242. The fourth-order valence-corrected chi connectivity index (χ4v) is 6.92. The van der Waals surface area contributed by atoms with Crippen molar-refractivity contribution in [3.63, 3.8) is 0 Å². The van der Waals surface area contributed by atoms with Crippen molar-refractivity contribution in [3.8, 4) is 11.4 Å². The van der Waals surface area contributed by atoms with E-state index in [9.17, 15) is 13.2 Å². The van der Waals surface area contributed by atoms with Gasteiger partial charge in [0.2, 0.25) is 5.75 Å². The number of nitrogens with zero attached hydrogens (tertiary/aromatic N) is 5. The molecule has 2 aliphatic rings. The smallest absolute Gasteiger partial charge is 0.316 e. The Hall–Kier alpha value is -3.03. The highest BCUT2D eigenvalue weighted by Gasteiger charge is 2.39. The molecule has 0 atom stereocenters. The monoisotopic (exact) mass is 600 g/mol. The van der Waals surface area contributed by atoms with Crippen LogP contribution in [0, 0.1) is 5.41 Å². The van der Waals surface area contributed by atoms with E-state index in [1.807, 2.05) is 29.2 Å². The molecule has 0 bridgehead atoms. The lowest BCUT2D eigenvalue weighted by Gasteiger charge is -2.35. The Morgan fingerprint density at radius 2 is 1.88 bits per heavy atom. The van der Waals surface area contributed by atoms with E-state index in [0.717, 1.165) is 23.1 Å². The normalized spacial score (nSPS) is 17.3. The van der Waals surface area contributed by atoms with Gasteiger partial charge in [0.25, 0.3) is 10.2 Å². The minimum absolute atomic E-state index is 0.0651. The van der Waals surface area contributed by atoms with Crippen LogP contribution in [-0.4, -0.2) is 60.3 Å². The van der Waals surface area contributed by atoms with E-state index in [0.29, 0.717) is 41.1 Å². The molecule has 2 aromatic heterocycles. The maximum atomic E-state index is 13.6. The molecular weight excluding hydrogens is 572 g/mol. The first-order chi connectivity index (χ1) is 19.2. The molecule has 2 aromatic carbocycles. The fraction of sp³-hybridized carbons (Fsp3) is 0.370. The molecule has 6 rings (SSSR count). The zero-order chi connectivity index (χ0) is 27.9. The number of piperazine rings is 1. The van der Waals surface area contributed by atoms with Crippen LogP contribution in [0.3, 0.4) is 0 Å². The Morgan fingerprint density at radius 1 is 1.10 bits per heavy atom.